The topological polar surface area (TPSA) is 85.3 Å². The highest BCUT2D eigenvalue weighted by molar-refractivity contribution is 6.51. The van der Waals surface area contributed by atoms with Crippen molar-refractivity contribution in [2.45, 2.75) is 13.0 Å². The number of anilines is 1. The van der Waals surface area contributed by atoms with Crippen LogP contribution in [0.2, 0.25) is 0 Å². The minimum Gasteiger partial charge on any atom is -0.507 e. The molecule has 2 heterocycles. The molecule has 172 valence electrons. The molecular weight excluding hydrogens is 434 g/mol. The van der Waals surface area contributed by atoms with Crippen LogP contribution in [0.15, 0.2) is 72.3 Å². The molecule has 7 nitrogen and oxygen atoms in total. The molecule has 0 saturated carbocycles. The van der Waals surface area contributed by atoms with Crippen molar-refractivity contribution in [3.63, 3.8) is 0 Å². The smallest absolute Gasteiger partial charge is 0.300 e. The number of fused-ring (bicyclic) bond motifs is 1. The molecule has 3 aromatic carbocycles. The summed E-state index contributed by atoms with van der Waals surface area (Å²) >= 11 is 0. The van der Waals surface area contributed by atoms with Crippen LogP contribution in [0.5, 0.6) is 17.2 Å². The number of carbonyl (C=O) groups is 2. The molecule has 5 rings (SSSR count). The number of methoxy groups -OCH3 is 1. The van der Waals surface area contributed by atoms with Crippen LogP contribution in [-0.4, -0.2) is 37.1 Å². The SMILES string of the molecule is COc1ccc(C2/C(=C(\O)c3ccc(C)cc3)C(=O)C(=O)N2c2ccc3c(c2)OCCO3)cc1. The highest BCUT2D eigenvalue weighted by atomic mass is 16.6. The molecule has 2 aliphatic heterocycles. The Labute approximate surface area is 196 Å². The van der Waals surface area contributed by atoms with Gasteiger partial charge in [-0.05, 0) is 36.8 Å². The predicted molar refractivity (Wildman–Crippen MR) is 126 cm³/mol. The van der Waals surface area contributed by atoms with Gasteiger partial charge in [-0.25, -0.2) is 0 Å². The van der Waals surface area contributed by atoms with E-state index in [2.05, 4.69) is 0 Å². The molecule has 0 aliphatic carbocycles. The lowest BCUT2D eigenvalue weighted by molar-refractivity contribution is -0.132. The number of hydrogen-bond donors (Lipinski definition) is 1. The Balaban J connectivity index is 1.68. The number of nitrogens with zero attached hydrogens (tertiary/aromatic N) is 1. The first-order valence-electron chi connectivity index (χ1n) is 10.9. The Morgan fingerprint density at radius 3 is 2.29 bits per heavy atom. The lowest BCUT2D eigenvalue weighted by Gasteiger charge is -2.27. The van der Waals surface area contributed by atoms with E-state index in [4.69, 9.17) is 14.2 Å². The highest BCUT2D eigenvalue weighted by Crippen LogP contribution is 2.44. The van der Waals surface area contributed by atoms with E-state index in [1.165, 1.54) is 4.90 Å². The minimum absolute atomic E-state index is 0.0221. The fourth-order valence-corrected chi connectivity index (χ4v) is 4.25. The first-order chi connectivity index (χ1) is 16.5. The number of ketones is 1. The number of aliphatic hydroxyl groups is 1. The number of benzene rings is 3. The van der Waals surface area contributed by atoms with Gasteiger partial charge in [0.25, 0.3) is 11.7 Å². The predicted octanol–water partition coefficient (Wildman–Crippen LogP) is 4.40. The third kappa shape index (κ3) is 3.65. The summed E-state index contributed by atoms with van der Waals surface area (Å²) in [7, 11) is 1.56. The van der Waals surface area contributed by atoms with Gasteiger partial charge >= 0.3 is 0 Å². The quantitative estimate of drug-likeness (QED) is 0.355. The van der Waals surface area contributed by atoms with Gasteiger partial charge in [-0.1, -0.05) is 42.0 Å². The van der Waals surface area contributed by atoms with Crippen LogP contribution < -0.4 is 19.1 Å². The van der Waals surface area contributed by atoms with E-state index in [1.807, 2.05) is 19.1 Å². The van der Waals surface area contributed by atoms with Crippen molar-refractivity contribution in [1.82, 2.24) is 0 Å². The molecule has 1 fully saturated rings. The second-order valence-corrected chi connectivity index (χ2v) is 8.14. The number of hydrogen-bond acceptors (Lipinski definition) is 6. The van der Waals surface area contributed by atoms with Gasteiger partial charge in [-0.3, -0.25) is 14.5 Å². The van der Waals surface area contributed by atoms with E-state index in [0.717, 1.165) is 5.56 Å². The van der Waals surface area contributed by atoms with Crippen molar-refractivity contribution in [3.05, 3.63) is 89.0 Å². The molecule has 1 amide bonds. The maximum absolute atomic E-state index is 13.3. The lowest BCUT2D eigenvalue weighted by atomic mass is 9.95. The standard InChI is InChI=1S/C27H23NO6/c1-16-3-5-18(6-4-16)25(29)23-24(17-7-10-20(32-2)11-8-17)28(27(31)26(23)30)19-9-12-21-22(15-19)34-14-13-33-21/h3-12,15,24,29H,13-14H2,1-2H3/b25-23+. The molecule has 7 heteroatoms. The molecule has 0 spiro atoms. The second kappa shape index (κ2) is 8.59. The molecule has 2 aliphatic rings. The number of carbonyl (C=O) groups excluding carboxylic acids is 2. The van der Waals surface area contributed by atoms with Crippen molar-refractivity contribution in [1.29, 1.82) is 0 Å². The fourth-order valence-electron chi connectivity index (χ4n) is 4.25. The van der Waals surface area contributed by atoms with Gasteiger partial charge in [-0.15, -0.1) is 0 Å². The van der Waals surface area contributed by atoms with Crippen molar-refractivity contribution in [2.75, 3.05) is 25.2 Å². The Hall–Kier alpha value is -4.26. The average Bonchev–Trinajstić information content (AvgIpc) is 3.14. The molecule has 1 unspecified atom stereocenters. The van der Waals surface area contributed by atoms with Gasteiger partial charge in [-0.2, -0.15) is 0 Å². The first kappa shape index (κ1) is 21.6. The molecule has 1 atom stereocenters. The molecule has 0 aromatic heterocycles. The van der Waals surface area contributed by atoms with Crippen LogP contribution in [-0.2, 0) is 9.59 Å². The summed E-state index contributed by atoms with van der Waals surface area (Å²) in [5, 5.41) is 11.2. The van der Waals surface area contributed by atoms with Crippen molar-refractivity contribution in [2.24, 2.45) is 0 Å². The maximum atomic E-state index is 13.3. The summed E-state index contributed by atoms with van der Waals surface area (Å²) in [5.74, 6) is 0.00243. The number of amides is 1. The monoisotopic (exact) mass is 457 g/mol. The molecule has 3 aromatic rings. The number of aryl methyl sites for hydroxylation is 1. The van der Waals surface area contributed by atoms with Crippen LogP contribution in [0.1, 0.15) is 22.7 Å². The Morgan fingerprint density at radius 1 is 0.941 bits per heavy atom. The molecule has 34 heavy (non-hydrogen) atoms. The molecule has 0 bridgehead atoms. The molecule has 1 N–H and O–H groups in total. The molecule has 1 saturated heterocycles. The van der Waals surface area contributed by atoms with E-state index in [-0.39, 0.29) is 11.3 Å². The van der Waals surface area contributed by atoms with Gasteiger partial charge < -0.3 is 19.3 Å². The highest BCUT2D eigenvalue weighted by Gasteiger charge is 2.47. The second-order valence-electron chi connectivity index (χ2n) is 8.14. The zero-order chi connectivity index (χ0) is 23.8. The maximum Gasteiger partial charge on any atom is 0.300 e. The summed E-state index contributed by atoms with van der Waals surface area (Å²) in [6.07, 6.45) is 0. The van der Waals surface area contributed by atoms with Gasteiger partial charge in [0, 0.05) is 17.3 Å². The normalized spacial score (nSPS) is 18.8. The number of Topliss-reactive ketones (excluding diaryl/α,β-unsaturated/α-hetero) is 1. The summed E-state index contributed by atoms with van der Waals surface area (Å²) in [6.45, 7) is 2.77. The van der Waals surface area contributed by atoms with Crippen LogP contribution in [0.25, 0.3) is 5.76 Å². The minimum atomic E-state index is -0.838. The fraction of sp³-hybridized carbons (Fsp3) is 0.185. The Kier molecular flexibility index (Phi) is 5.45. The average molecular weight is 457 g/mol. The van der Waals surface area contributed by atoms with Gasteiger partial charge in [0.05, 0.1) is 18.7 Å². The summed E-state index contributed by atoms with van der Waals surface area (Å²) < 4.78 is 16.5. The van der Waals surface area contributed by atoms with Gasteiger partial charge in [0.1, 0.15) is 24.7 Å². The third-order valence-corrected chi connectivity index (χ3v) is 6.00. The largest absolute Gasteiger partial charge is 0.507 e. The summed E-state index contributed by atoms with van der Waals surface area (Å²) in [6, 6.07) is 18.5. The zero-order valence-electron chi connectivity index (χ0n) is 18.8. The van der Waals surface area contributed by atoms with Crippen molar-refractivity contribution < 1.29 is 28.9 Å². The number of rotatable bonds is 4. The number of ether oxygens (including phenoxy) is 3. The van der Waals surface area contributed by atoms with Crippen LogP contribution in [0.3, 0.4) is 0 Å². The molecular formula is C27H23NO6. The van der Waals surface area contributed by atoms with Crippen LogP contribution in [0.4, 0.5) is 5.69 Å². The third-order valence-electron chi connectivity index (χ3n) is 6.00. The van der Waals surface area contributed by atoms with E-state index in [1.54, 1.807) is 61.7 Å². The molecule has 0 radical (unpaired) electrons. The summed E-state index contributed by atoms with van der Waals surface area (Å²) in [4.78, 5) is 28.0. The van der Waals surface area contributed by atoms with E-state index in [9.17, 15) is 14.7 Å². The van der Waals surface area contributed by atoms with Crippen LogP contribution in [0, 0.1) is 6.92 Å². The van der Waals surface area contributed by atoms with E-state index < -0.39 is 17.7 Å². The van der Waals surface area contributed by atoms with Gasteiger partial charge in [0.15, 0.2) is 11.5 Å². The van der Waals surface area contributed by atoms with E-state index >= 15 is 0 Å². The van der Waals surface area contributed by atoms with Crippen molar-refractivity contribution >= 4 is 23.1 Å². The van der Waals surface area contributed by atoms with Gasteiger partial charge in [0.2, 0.25) is 0 Å². The lowest BCUT2D eigenvalue weighted by Crippen LogP contribution is -2.29. The first-order valence-corrected chi connectivity index (χ1v) is 10.9. The van der Waals surface area contributed by atoms with Crippen LogP contribution >= 0.6 is 0 Å². The summed E-state index contributed by atoms with van der Waals surface area (Å²) in [5.41, 5.74) is 2.62. The van der Waals surface area contributed by atoms with Crippen molar-refractivity contribution in [3.8, 4) is 17.2 Å². The van der Waals surface area contributed by atoms with E-state index in [0.29, 0.717) is 47.3 Å². The Bertz CT molecular complexity index is 1290. The Morgan fingerprint density at radius 2 is 1.62 bits per heavy atom. The zero-order valence-corrected chi connectivity index (χ0v) is 18.8. The number of aliphatic hydroxyl groups excluding tert-OH is 1.